The molecule has 1 amide bonds. The Balaban J connectivity index is 1.49. The Labute approximate surface area is 242 Å². The molecule has 0 bridgehead atoms. The smallest absolute Gasteiger partial charge is 0.297 e. The molecule has 2 aromatic heterocycles. The van der Waals surface area contributed by atoms with Crippen LogP contribution in [0.25, 0.3) is 11.0 Å². The van der Waals surface area contributed by atoms with Gasteiger partial charge in [0.25, 0.3) is 5.91 Å². The van der Waals surface area contributed by atoms with Crippen LogP contribution in [0.1, 0.15) is 52.1 Å². The van der Waals surface area contributed by atoms with Crippen molar-refractivity contribution in [1.82, 2.24) is 10.2 Å². The highest BCUT2D eigenvalue weighted by Crippen LogP contribution is 2.44. The number of benzene rings is 3. The first kappa shape index (κ1) is 26.2. The van der Waals surface area contributed by atoms with Crippen LogP contribution in [0.4, 0.5) is 5.13 Å². The fourth-order valence-electron chi connectivity index (χ4n) is 4.76. The van der Waals surface area contributed by atoms with E-state index in [9.17, 15) is 9.59 Å². The third-order valence-corrected chi connectivity index (χ3v) is 8.18. The predicted octanol–water partition coefficient (Wildman–Crippen LogP) is 6.70. The molecule has 1 aliphatic heterocycles. The van der Waals surface area contributed by atoms with E-state index in [0.29, 0.717) is 52.8 Å². The summed E-state index contributed by atoms with van der Waals surface area (Å²) in [5.41, 5.74) is 2.00. The third-order valence-electron chi connectivity index (χ3n) is 6.62. The number of hydrogen-bond acceptors (Lipinski definition) is 8. The van der Waals surface area contributed by atoms with Crippen LogP contribution in [0.3, 0.4) is 0 Å². The van der Waals surface area contributed by atoms with Crippen molar-refractivity contribution in [2.75, 3.05) is 11.5 Å². The molecule has 1 unspecified atom stereocenters. The maximum absolute atomic E-state index is 13.9. The number of halogens is 1. The van der Waals surface area contributed by atoms with Gasteiger partial charge in [-0.05, 0) is 54.8 Å². The summed E-state index contributed by atoms with van der Waals surface area (Å²) < 4.78 is 18.9. The molecule has 6 rings (SSSR count). The number of hydrogen-bond donors (Lipinski definition) is 0. The van der Waals surface area contributed by atoms with Gasteiger partial charge in [0.1, 0.15) is 17.2 Å². The number of aryl methyl sites for hydroxylation is 1. The minimum absolute atomic E-state index is 0.000403. The van der Waals surface area contributed by atoms with E-state index in [1.54, 1.807) is 24.3 Å². The summed E-state index contributed by atoms with van der Waals surface area (Å²) in [6.07, 6.45) is 0.675. The summed E-state index contributed by atoms with van der Waals surface area (Å²) in [6, 6.07) is 19.7. The predicted molar refractivity (Wildman–Crippen MR) is 157 cm³/mol. The molecule has 202 valence electrons. The molecule has 40 heavy (non-hydrogen) atoms. The van der Waals surface area contributed by atoms with Crippen LogP contribution in [-0.2, 0) is 13.0 Å². The van der Waals surface area contributed by atoms with Gasteiger partial charge in [0.2, 0.25) is 10.9 Å². The van der Waals surface area contributed by atoms with Crippen LogP contribution in [0.15, 0.2) is 80.4 Å². The molecule has 10 heteroatoms. The van der Waals surface area contributed by atoms with Gasteiger partial charge in [0, 0.05) is 4.47 Å². The van der Waals surface area contributed by atoms with Gasteiger partial charge in [-0.1, -0.05) is 70.6 Å². The lowest BCUT2D eigenvalue weighted by molar-refractivity contribution is 0.0970. The summed E-state index contributed by atoms with van der Waals surface area (Å²) in [5.74, 6) is 0.629. The molecule has 5 aromatic rings. The van der Waals surface area contributed by atoms with Crippen molar-refractivity contribution in [1.29, 1.82) is 0 Å². The molecule has 3 aromatic carbocycles. The zero-order valence-corrected chi connectivity index (χ0v) is 24.1. The minimum Gasteiger partial charge on any atom is -0.490 e. The minimum atomic E-state index is -0.790. The van der Waals surface area contributed by atoms with E-state index in [1.807, 2.05) is 56.3 Å². The van der Waals surface area contributed by atoms with Crippen molar-refractivity contribution >= 4 is 49.3 Å². The highest BCUT2D eigenvalue weighted by Gasteiger charge is 2.45. The summed E-state index contributed by atoms with van der Waals surface area (Å²) in [7, 11) is 0. The van der Waals surface area contributed by atoms with E-state index in [-0.39, 0.29) is 16.8 Å². The number of aromatic nitrogens is 2. The number of nitrogens with zero attached hydrogens (tertiary/aromatic N) is 3. The summed E-state index contributed by atoms with van der Waals surface area (Å²) in [5, 5.41) is 10.1. The van der Waals surface area contributed by atoms with Crippen molar-refractivity contribution in [2.24, 2.45) is 0 Å². The molecular formula is C30H24BrN3O5S. The topological polar surface area (TPSA) is 94.8 Å². The van der Waals surface area contributed by atoms with Crippen LogP contribution in [0, 0.1) is 0 Å². The van der Waals surface area contributed by atoms with Crippen molar-refractivity contribution in [3.8, 4) is 11.5 Å². The largest absolute Gasteiger partial charge is 0.490 e. The first-order valence-corrected chi connectivity index (χ1v) is 14.4. The van der Waals surface area contributed by atoms with Crippen molar-refractivity contribution in [2.45, 2.75) is 32.9 Å². The van der Waals surface area contributed by atoms with E-state index in [4.69, 9.17) is 13.9 Å². The van der Waals surface area contributed by atoms with Crippen molar-refractivity contribution in [3.05, 3.63) is 109 Å². The second-order valence-electron chi connectivity index (χ2n) is 9.14. The Kier molecular flexibility index (Phi) is 7.12. The van der Waals surface area contributed by atoms with Crippen LogP contribution >= 0.6 is 27.3 Å². The zero-order chi connectivity index (χ0) is 27.8. The summed E-state index contributed by atoms with van der Waals surface area (Å²) in [6.45, 7) is 4.64. The summed E-state index contributed by atoms with van der Waals surface area (Å²) >= 11 is 4.75. The fourth-order valence-corrected chi connectivity index (χ4v) is 5.93. The van der Waals surface area contributed by atoms with Gasteiger partial charge in [-0.3, -0.25) is 14.5 Å². The molecule has 1 atom stereocenters. The van der Waals surface area contributed by atoms with Gasteiger partial charge >= 0.3 is 0 Å². The quantitative estimate of drug-likeness (QED) is 0.191. The van der Waals surface area contributed by atoms with E-state index >= 15 is 0 Å². The lowest BCUT2D eigenvalue weighted by Gasteiger charge is -2.23. The van der Waals surface area contributed by atoms with Crippen molar-refractivity contribution in [3.63, 3.8) is 0 Å². The second-order valence-corrected chi connectivity index (χ2v) is 11.1. The van der Waals surface area contributed by atoms with Crippen LogP contribution < -0.4 is 19.8 Å². The summed E-state index contributed by atoms with van der Waals surface area (Å²) in [4.78, 5) is 29.3. The lowest BCUT2D eigenvalue weighted by Crippen LogP contribution is -2.29. The number of carbonyl (C=O) groups excluding carboxylic acids is 1. The van der Waals surface area contributed by atoms with Crippen LogP contribution in [-0.4, -0.2) is 22.7 Å². The number of fused-ring (bicyclic) bond motifs is 2. The molecule has 3 heterocycles. The molecule has 0 aliphatic carbocycles. The number of ether oxygens (including phenoxy) is 2. The van der Waals surface area contributed by atoms with Gasteiger partial charge in [0.05, 0.1) is 23.6 Å². The molecule has 8 nitrogen and oxygen atoms in total. The Hall–Kier alpha value is -4.02. The standard InChI is InChI=1S/C30H24BrN3O5S/c1-3-24-32-33-30(40-24)34-26(25-27(35)20-15-19(31)11-13-21(20)39-28(25)29(34)36)18-10-12-22(23(14-18)37-4-2)38-16-17-8-6-5-7-9-17/h5-15,26H,3-4,16H2,1-2H3. The normalized spacial score (nSPS) is 14.5. The lowest BCUT2D eigenvalue weighted by atomic mass is 9.98. The Morgan fingerprint density at radius 1 is 0.975 bits per heavy atom. The van der Waals surface area contributed by atoms with Gasteiger partial charge in [-0.15, -0.1) is 10.2 Å². The Morgan fingerprint density at radius 3 is 2.55 bits per heavy atom. The molecule has 0 saturated carbocycles. The highest BCUT2D eigenvalue weighted by molar-refractivity contribution is 9.10. The van der Waals surface area contributed by atoms with E-state index in [1.165, 1.54) is 16.2 Å². The van der Waals surface area contributed by atoms with Crippen LogP contribution in [0.2, 0.25) is 0 Å². The Bertz CT molecular complexity index is 1790. The van der Waals surface area contributed by atoms with E-state index < -0.39 is 11.9 Å². The van der Waals surface area contributed by atoms with Crippen molar-refractivity contribution < 1.29 is 18.7 Å². The fraction of sp³-hybridized carbons (Fsp3) is 0.200. The second kappa shape index (κ2) is 10.9. The van der Waals surface area contributed by atoms with E-state index in [2.05, 4.69) is 26.1 Å². The van der Waals surface area contributed by atoms with Crippen LogP contribution in [0.5, 0.6) is 11.5 Å². The first-order chi connectivity index (χ1) is 19.5. The number of rotatable bonds is 8. The van der Waals surface area contributed by atoms with Gasteiger partial charge in [-0.25, -0.2) is 0 Å². The zero-order valence-electron chi connectivity index (χ0n) is 21.7. The SMILES string of the molecule is CCOc1cc(C2c3c(oc4ccc(Br)cc4c3=O)C(=O)N2c2nnc(CC)s2)ccc1OCc1ccccc1. The van der Waals surface area contributed by atoms with Gasteiger partial charge in [-0.2, -0.15) is 0 Å². The molecule has 0 fully saturated rings. The average molecular weight is 619 g/mol. The van der Waals surface area contributed by atoms with Gasteiger partial charge in [0.15, 0.2) is 16.9 Å². The van der Waals surface area contributed by atoms with Gasteiger partial charge < -0.3 is 13.9 Å². The first-order valence-electron chi connectivity index (χ1n) is 12.8. The molecule has 0 radical (unpaired) electrons. The average Bonchev–Trinajstić information content (AvgIpc) is 3.56. The molecule has 1 aliphatic rings. The number of anilines is 1. The number of amides is 1. The highest BCUT2D eigenvalue weighted by atomic mass is 79.9. The maximum atomic E-state index is 13.9. The maximum Gasteiger partial charge on any atom is 0.297 e. The van der Waals surface area contributed by atoms with E-state index in [0.717, 1.165) is 15.0 Å². The Morgan fingerprint density at radius 2 is 1.80 bits per heavy atom. The molecule has 0 N–H and O–H groups in total. The molecule has 0 spiro atoms. The molecule has 0 saturated heterocycles. The third kappa shape index (κ3) is 4.67. The number of carbonyl (C=O) groups is 1. The molecular weight excluding hydrogens is 594 g/mol. The monoisotopic (exact) mass is 617 g/mol.